The van der Waals surface area contributed by atoms with Crippen molar-refractivity contribution < 1.29 is 29.6 Å². The van der Waals surface area contributed by atoms with E-state index in [4.69, 9.17) is 4.74 Å². The Hall–Kier alpha value is -0.670. The van der Waals surface area contributed by atoms with E-state index in [0.29, 0.717) is 37.7 Å². The van der Waals surface area contributed by atoms with Gasteiger partial charge in [-0.2, -0.15) is 0 Å². The van der Waals surface area contributed by atoms with E-state index in [-0.39, 0.29) is 9.84 Å². The molecule has 3 N–H and O–H groups in total. The summed E-state index contributed by atoms with van der Waals surface area (Å²) in [6, 6.07) is 0. The van der Waals surface area contributed by atoms with Crippen molar-refractivity contribution in [3.63, 3.8) is 0 Å². The van der Waals surface area contributed by atoms with Gasteiger partial charge in [-0.3, -0.25) is 9.59 Å². The minimum atomic E-state index is -1.21. The SMILES string of the molecule is C=C1C[C@]23C[C@@]1(O)CC[C@H]2[C@@]12OC(=O)C(C)(C1[C@@H]3C(=O)O)[C@@H](O)CC2I. The number of carboxylic acid groups (broad SMARTS) is 1. The number of aliphatic hydroxyl groups is 2. The molecular weight excluding hydrogens is 451 g/mol. The highest BCUT2D eigenvalue weighted by atomic mass is 127. The maximum Gasteiger partial charge on any atom is 0.315 e. The van der Waals surface area contributed by atoms with Gasteiger partial charge in [0.2, 0.25) is 0 Å². The molecule has 6 nitrogen and oxygen atoms in total. The Morgan fingerprint density at radius 1 is 1.42 bits per heavy atom. The molecule has 4 bridgehead atoms. The van der Waals surface area contributed by atoms with E-state index >= 15 is 0 Å². The first-order valence-electron chi connectivity index (χ1n) is 9.23. The van der Waals surface area contributed by atoms with Crippen molar-refractivity contribution in [2.24, 2.45) is 28.6 Å². The third kappa shape index (κ3) is 1.53. The number of carbonyl (C=O) groups excluding carboxylic acids is 1. The lowest BCUT2D eigenvalue weighted by molar-refractivity contribution is -0.164. The molecule has 4 aliphatic carbocycles. The van der Waals surface area contributed by atoms with Crippen molar-refractivity contribution in [3.05, 3.63) is 12.2 Å². The lowest BCUT2D eigenvalue weighted by Gasteiger charge is -2.48. The summed E-state index contributed by atoms with van der Waals surface area (Å²) in [6.45, 7) is 5.73. The van der Waals surface area contributed by atoms with Crippen LogP contribution in [-0.2, 0) is 14.3 Å². The second kappa shape index (κ2) is 4.66. The summed E-state index contributed by atoms with van der Waals surface area (Å²) < 4.78 is 5.92. The first-order valence-corrected chi connectivity index (χ1v) is 10.5. The van der Waals surface area contributed by atoms with Gasteiger partial charge >= 0.3 is 11.9 Å². The molecule has 1 heterocycles. The number of fused-ring (bicyclic) bond motifs is 1. The molecule has 5 rings (SSSR count). The second-order valence-corrected chi connectivity index (χ2v) is 10.9. The highest BCUT2D eigenvalue weighted by Crippen LogP contribution is 2.79. The number of aliphatic carboxylic acids is 1. The third-order valence-corrected chi connectivity index (χ3v) is 10.1. The topological polar surface area (TPSA) is 104 Å². The van der Waals surface area contributed by atoms with Gasteiger partial charge in [-0.15, -0.1) is 0 Å². The Morgan fingerprint density at radius 2 is 2.12 bits per heavy atom. The number of hydrogen-bond donors (Lipinski definition) is 3. The quantitative estimate of drug-likeness (QED) is 0.231. The van der Waals surface area contributed by atoms with Crippen LogP contribution in [0.25, 0.3) is 0 Å². The lowest BCUT2D eigenvalue weighted by Crippen LogP contribution is -2.58. The normalized spacial score (nSPS) is 59.8. The number of carbonyl (C=O) groups is 2. The van der Waals surface area contributed by atoms with Gasteiger partial charge in [0.25, 0.3) is 0 Å². The molecule has 26 heavy (non-hydrogen) atoms. The Bertz CT molecular complexity index is 767. The van der Waals surface area contributed by atoms with Crippen LogP contribution in [0.5, 0.6) is 0 Å². The van der Waals surface area contributed by atoms with Gasteiger partial charge in [-0.05, 0) is 50.0 Å². The highest BCUT2D eigenvalue weighted by Gasteiger charge is 2.86. The number of alkyl halides is 1. The first-order chi connectivity index (χ1) is 12.0. The van der Waals surface area contributed by atoms with E-state index in [0.717, 1.165) is 0 Å². The molecule has 5 aliphatic rings. The number of ether oxygens (including phenoxy) is 1. The van der Waals surface area contributed by atoms with E-state index in [1.54, 1.807) is 6.92 Å². The molecule has 9 atom stereocenters. The van der Waals surface area contributed by atoms with Crippen molar-refractivity contribution >= 4 is 34.5 Å². The smallest absolute Gasteiger partial charge is 0.315 e. The number of rotatable bonds is 1. The summed E-state index contributed by atoms with van der Waals surface area (Å²) in [5.74, 6) is -2.96. The van der Waals surface area contributed by atoms with Crippen LogP contribution in [0.4, 0.5) is 0 Å². The van der Waals surface area contributed by atoms with Gasteiger partial charge in [-0.1, -0.05) is 29.2 Å². The molecule has 1 aliphatic heterocycles. The molecule has 142 valence electrons. The van der Waals surface area contributed by atoms with Crippen molar-refractivity contribution in [2.45, 2.75) is 60.3 Å². The maximum atomic E-state index is 12.9. The van der Waals surface area contributed by atoms with Crippen LogP contribution in [0.3, 0.4) is 0 Å². The standard InChI is InChI=1S/C19H23IO6/c1-8-6-17-7-18(8,25)4-3-9(17)19-10(20)5-11(21)16(2,15(24)26-19)13(19)12(17)14(22)23/h9-13,21,25H,1,3-7H2,2H3,(H,22,23)/t9-,10?,11+,12-,13?,16?,17+,18+,19+/m1/s1. The molecule has 0 aromatic carbocycles. The predicted molar refractivity (Wildman–Crippen MR) is 98.5 cm³/mol. The molecule has 0 amide bonds. The molecule has 1 saturated heterocycles. The zero-order valence-electron chi connectivity index (χ0n) is 14.6. The van der Waals surface area contributed by atoms with Crippen molar-refractivity contribution in [1.29, 1.82) is 0 Å². The monoisotopic (exact) mass is 474 g/mol. The van der Waals surface area contributed by atoms with E-state index in [1.165, 1.54) is 0 Å². The minimum absolute atomic E-state index is 0.124. The molecule has 7 heteroatoms. The Labute approximate surface area is 165 Å². The number of carboxylic acids is 1. The molecular formula is C19H23IO6. The third-order valence-electron chi connectivity index (χ3n) is 8.58. The van der Waals surface area contributed by atoms with Crippen LogP contribution in [-0.4, -0.2) is 48.5 Å². The highest BCUT2D eigenvalue weighted by molar-refractivity contribution is 14.1. The predicted octanol–water partition coefficient (Wildman–Crippen LogP) is 1.66. The number of esters is 1. The summed E-state index contributed by atoms with van der Waals surface area (Å²) in [7, 11) is 0. The lowest BCUT2D eigenvalue weighted by atomic mass is 9.59. The zero-order valence-corrected chi connectivity index (χ0v) is 16.7. The van der Waals surface area contributed by atoms with E-state index in [9.17, 15) is 24.9 Å². The van der Waals surface area contributed by atoms with E-state index in [1.807, 2.05) is 0 Å². The summed E-state index contributed by atoms with van der Waals surface area (Å²) in [5.41, 5.74) is -3.05. The summed E-state index contributed by atoms with van der Waals surface area (Å²) in [5, 5.41) is 32.0. The average Bonchev–Trinajstić information content (AvgIpc) is 2.98. The van der Waals surface area contributed by atoms with Crippen LogP contribution in [0.2, 0.25) is 0 Å². The van der Waals surface area contributed by atoms with Crippen molar-refractivity contribution in [3.8, 4) is 0 Å². The fourth-order valence-corrected chi connectivity index (χ4v) is 9.01. The summed E-state index contributed by atoms with van der Waals surface area (Å²) >= 11 is 2.24. The van der Waals surface area contributed by atoms with Gasteiger partial charge in [0.05, 0.1) is 27.0 Å². The Kier molecular flexibility index (Phi) is 3.12. The number of aliphatic hydroxyl groups excluding tert-OH is 1. The molecule has 0 aromatic rings. The molecule has 4 saturated carbocycles. The molecule has 5 fully saturated rings. The van der Waals surface area contributed by atoms with Gasteiger partial charge in [0.1, 0.15) is 5.60 Å². The van der Waals surface area contributed by atoms with Crippen molar-refractivity contribution in [2.75, 3.05) is 0 Å². The number of hydrogen-bond acceptors (Lipinski definition) is 5. The van der Waals surface area contributed by atoms with E-state index < -0.39 is 51.9 Å². The molecule has 3 unspecified atom stereocenters. The maximum absolute atomic E-state index is 12.9. The van der Waals surface area contributed by atoms with Crippen LogP contribution in [0, 0.1) is 28.6 Å². The zero-order chi connectivity index (χ0) is 18.9. The van der Waals surface area contributed by atoms with Crippen LogP contribution >= 0.6 is 22.6 Å². The first kappa shape index (κ1) is 17.4. The van der Waals surface area contributed by atoms with Gasteiger partial charge in [0, 0.05) is 11.8 Å². The number of halogens is 1. The fourth-order valence-electron chi connectivity index (χ4n) is 7.58. The van der Waals surface area contributed by atoms with Crippen molar-refractivity contribution in [1.82, 2.24) is 0 Å². The van der Waals surface area contributed by atoms with Crippen LogP contribution in [0.1, 0.15) is 39.0 Å². The Morgan fingerprint density at radius 3 is 2.77 bits per heavy atom. The summed E-state index contributed by atoms with van der Waals surface area (Å²) in [6.07, 6.45) is 1.47. The van der Waals surface area contributed by atoms with Gasteiger partial charge < -0.3 is 20.1 Å². The minimum Gasteiger partial charge on any atom is -0.481 e. The summed E-state index contributed by atoms with van der Waals surface area (Å²) in [4.78, 5) is 25.4. The second-order valence-electron chi connectivity index (χ2n) is 9.35. The molecule has 1 spiro atoms. The average molecular weight is 474 g/mol. The molecule has 0 radical (unpaired) electrons. The Balaban J connectivity index is 1.79. The van der Waals surface area contributed by atoms with Crippen LogP contribution in [0.15, 0.2) is 12.2 Å². The van der Waals surface area contributed by atoms with Gasteiger partial charge in [-0.25, -0.2) is 0 Å². The fraction of sp³-hybridized carbons (Fsp3) is 0.789. The van der Waals surface area contributed by atoms with Gasteiger partial charge in [0.15, 0.2) is 0 Å². The molecule has 0 aromatic heterocycles. The van der Waals surface area contributed by atoms with Crippen LogP contribution < -0.4 is 0 Å². The van der Waals surface area contributed by atoms with E-state index in [2.05, 4.69) is 29.2 Å². The largest absolute Gasteiger partial charge is 0.481 e.